The molecular weight excluding hydrogens is 448 g/mol. The Bertz CT molecular complexity index is 1160. The number of nitrogens with one attached hydrogen (secondary N) is 1. The maximum Gasteiger partial charge on any atom is 0.340 e. The van der Waals surface area contributed by atoms with Crippen molar-refractivity contribution in [2.24, 2.45) is 0 Å². The minimum atomic E-state index is -0.473. The van der Waals surface area contributed by atoms with Crippen LogP contribution in [0.15, 0.2) is 66.3 Å². The first-order chi connectivity index (χ1) is 16.2. The molecule has 3 aromatic rings. The number of thioether (sulfide) groups is 1. The van der Waals surface area contributed by atoms with E-state index in [9.17, 15) is 9.59 Å². The molecule has 1 amide bonds. The third-order valence-corrected chi connectivity index (χ3v) is 6.03. The second-order valence-corrected chi connectivity index (χ2v) is 9.58. The Kier molecular flexibility index (Phi) is 8.28. The molecule has 0 saturated carbocycles. The highest BCUT2D eigenvalue weighted by molar-refractivity contribution is 7.99. The fourth-order valence-corrected chi connectivity index (χ4v) is 4.07. The second-order valence-electron chi connectivity index (χ2n) is 8.64. The molecule has 1 heterocycles. The van der Waals surface area contributed by atoms with Crippen molar-refractivity contribution in [3.8, 4) is 11.4 Å². The number of hydrogen-bond donors (Lipinski definition) is 1. The Morgan fingerprint density at radius 1 is 1.12 bits per heavy atom. The number of nitrogens with zero attached hydrogens (tertiary/aromatic N) is 3. The molecule has 0 aliphatic carbocycles. The maximum atomic E-state index is 12.6. The Hall–Kier alpha value is -3.39. The van der Waals surface area contributed by atoms with Crippen LogP contribution in [-0.2, 0) is 21.5 Å². The van der Waals surface area contributed by atoms with Crippen LogP contribution in [0.4, 0.5) is 5.69 Å². The van der Waals surface area contributed by atoms with Crippen molar-refractivity contribution < 1.29 is 14.3 Å². The first-order valence-electron chi connectivity index (χ1n) is 11.1. The van der Waals surface area contributed by atoms with E-state index in [4.69, 9.17) is 4.74 Å². The molecule has 0 spiro atoms. The maximum absolute atomic E-state index is 12.6. The summed E-state index contributed by atoms with van der Waals surface area (Å²) in [6, 6.07) is 15.1. The van der Waals surface area contributed by atoms with E-state index in [1.54, 1.807) is 37.3 Å². The van der Waals surface area contributed by atoms with E-state index < -0.39 is 5.97 Å². The third-order valence-electron chi connectivity index (χ3n) is 5.07. The number of allylic oxidation sites excluding steroid dienone is 1. The summed E-state index contributed by atoms with van der Waals surface area (Å²) in [5.74, 6) is 0.0934. The molecule has 0 radical (unpaired) electrons. The largest absolute Gasteiger partial charge is 0.462 e. The Balaban J connectivity index is 1.73. The van der Waals surface area contributed by atoms with Gasteiger partial charge in [-0.05, 0) is 30.0 Å². The van der Waals surface area contributed by atoms with Crippen molar-refractivity contribution in [3.05, 3.63) is 72.3 Å². The molecule has 0 bridgehead atoms. The Morgan fingerprint density at radius 3 is 2.47 bits per heavy atom. The lowest BCUT2D eigenvalue weighted by molar-refractivity contribution is -0.113. The third kappa shape index (κ3) is 6.14. The summed E-state index contributed by atoms with van der Waals surface area (Å²) in [5, 5.41) is 12.1. The van der Waals surface area contributed by atoms with Crippen LogP contribution in [0.1, 0.15) is 43.6 Å². The van der Waals surface area contributed by atoms with Gasteiger partial charge in [0.1, 0.15) is 0 Å². The highest BCUT2D eigenvalue weighted by Gasteiger charge is 2.18. The van der Waals surface area contributed by atoms with Gasteiger partial charge in [0.05, 0.1) is 23.6 Å². The van der Waals surface area contributed by atoms with E-state index in [1.165, 1.54) is 17.3 Å². The number of ether oxygens (including phenoxy) is 1. The molecule has 0 atom stereocenters. The minimum absolute atomic E-state index is 0.0631. The van der Waals surface area contributed by atoms with Gasteiger partial charge >= 0.3 is 5.97 Å². The van der Waals surface area contributed by atoms with Crippen molar-refractivity contribution in [2.45, 2.75) is 44.8 Å². The molecule has 0 fully saturated rings. The number of rotatable bonds is 9. The van der Waals surface area contributed by atoms with Crippen molar-refractivity contribution >= 4 is 29.3 Å². The van der Waals surface area contributed by atoms with E-state index >= 15 is 0 Å². The second kappa shape index (κ2) is 11.2. The number of carbonyl (C=O) groups is 2. The van der Waals surface area contributed by atoms with Crippen LogP contribution >= 0.6 is 11.8 Å². The lowest BCUT2D eigenvalue weighted by Gasteiger charge is -2.19. The summed E-state index contributed by atoms with van der Waals surface area (Å²) in [5.41, 5.74) is 2.98. The van der Waals surface area contributed by atoms with Gasteiger partial charge in [0.2, 0.25) is 5.91 Å². The molecule has 0 unspecified atom stereocenters. The average Bonchev–Trinajstić information content (AvgIpc) is 3.20. The van der Waals surface area contributed by atoms with Crippen molar-refractivity contribution in [1.29, 1.82) is 0 Å². The van der Waals surface area contributed by atoms with Crippen LogP contribution in [0, 0.1) is 0 Å². The molecule has 0 aliphatic rings. The van der Waals surface area contributed by atoms with Gasteiger partial charge in [0.25, 0.3) is 0 Å². The number of anilines is 1. The van der Waals surface area contributed by atoms with Gasteiger partial charge in [-0.3, -0.25) is 9.36 Å². The number of amides is 1. The van der Waals surface area contributed by atoms with Crippen LogP contribution in [0.2, 0.25) is 0 Å². The minimum Gasteiger partial charge on any atom is -0.462 e. The predicted molar refractivity (Wildman–Crippen MR) is 136 cm³/mol. The molecule has 0 saturated heterocycles. The number of benzene rings is 2. The molecular formula is C26H30N4O3S. The Morgan fingerprint density at radius 2 is 1.82 bits per heavy atom. The van der Waals surface area contributed by atoms with Crippen LogP contribution in [0.5, 0.6) is 0 Å². The normalized spacial score (nSPS) is 11.2. The standard InChI is InChI=1S/C26H30N4O3S/c1-6-16-30-23(18-12-14-19(15-13-18)26(3,4)5)28-29-25(30)34-17-22(31)27-21-11-9-8-10-20(21)24(32)33-7-2/h6,8-15H,1,7,16-17H2,2-5H3,(H,27,31). The lowest BCUT2D eigenvalue weighted by atomic mass is 9.87. The predicted octanol–water partition coefficient (Wildman–Crippen LogP) is 5.34. The van der Waals surface area contributed by atoms with E-state index in [2.05, 4.69) is 55.0 Å². The van der Waals surface area contributed by atoms with Gasteiger partial charge in [-0.1, -0.05) is 75.0 Å². The fourth-order valence-electron chi connectivity index (χ4n) is 3.32. The van der Waals surface area contributed by atoms with Gasteiger partial charge < -0.3 is 10.1 Å². The summed E-state index contributed by atoms with van der Waals surface area (Å²) in [4.78, 5) is 24.8. The van der Waals surface area contributed by atoms with Crippen LogP contribution in [0.25, 0.3) is 11.4 Å². The monoisotopic (exact) mass is 478 g/mol. The number of hydrogen-bond acceptors (Lipinski definition) is 6. The smallest absolute Gasteiger partial charge is 0.340 e. The molecule has 178 valence electrons. The molecule has 0 aliphatic heterocycles. The molecule has 3 rings (SSSR count). The van der Waals surface area contributed by atoms with Gasteiger partial charge in [-0.15, -0.1) is 16.8 Å². The zero-order valence-corrected chi connectivity index (χ0v) is 20.8. The van der Waals surface area contributed by atoms with E-state index in [-0.39, 0.29) is 23.7 Å². The summed E-state index contributed by atoms with van der Waals surface area (Å²) in [6.45, 7) is 12.9. The quantitative estimate of drug-likeness (QED) is 0.254. The molecule has 1 aromatic heterocycles. The summed E-state index contributed by atoms with van der Waals surface area (Å²) in [7, 11) is 0. The van der Waals surface area contributed by atoms with E-state index in [0.29, 0.717) is 23.0 Å². The fraction of sp³-hybridized carbons (Fsp3) is 0.308. The van der Waals surface area contributed by atoms with Crippen LogP contribution in [-0.4, -0.2) is 39.0 Å². The highest BCUT2D eigenvalue weighted by atomic mass is 32.2. The molecule has 2 aromatic carbocycles. The van der Waals surface area contributed by atoms with Crippen LogP contribution < -0.4 is 5.32 Å². The highest BCUT2D eigenvalue weighted by Crippen LogP contribution is 2.28. The summed E-state index contributed by atoms with van der Waals surface area (Å²) in [6.07, 6.45) is 1.77. The van der Waals surface area contributed by atoms with Gasteiger partial charge in [0.15, 0.2) is 11.0 Å². The van der Waals surface area contributed by atoms with Crippen molar-refractivity contribution in [3.63, 3.8) is 0 Å². The summed E-state index contributed by atoms with van der Waals surface area (Å²) >= 11 is 1.28. The molecule has 34 heavy (non-hydrogen) atoms. The molecule has 8 heteroatoms. The zero-order chi connectivity index (χ0) is 24.7. The lowest BCUT2D eigenvalue weighted by Crippen LogP contribution is -2.17. The van der Waals surface area contributed by atoms with Gasteiger partial charge in [-0.2, -0.15) is 0 Å². The molecule has 7 nitrogen and oxygen atoms in total. The molecule has 1 N–H and O–H groups in total. The number of para-hydroxylation sites is 1. The zero-order valence-electron chi connectivity index (χ0n) is 20.0. The van der Waals surface area contributed by atoms with Gasteiger partial charge in [-0.25, -0.2) is 4.79 Å². The van der Waals surface area contributed by atoms with Crippen molar-refractivity contribution in [1.82, 2.24) is 14.8 Å². The van der Waals surface area contributed by atoms with E-state index in [1.807, 2.05) is 16.7 Å². The summed E-state index contributed by atoms with van der Waals surface area (Å²) < 4.78 is 7.00. The SMILES string of the molecule is C=CCn1c(SCC(=O)Nc2ccccc2C(=O)OCC)nnc1-c1ccc(C(C)(C)C)cc1. The van der Waals surface area contributed by atoms with Gasteiger partial charge in [0, 0.05) is 12.1 Å². The van der Waals surface area contributed by atoms with Crippen LogP contribution in [0.3, 0.4) is 0 Å². The van der Waals surface area contributed by atoms with Crippen molar-refractivity contribution in [2.75, 3.05) is 17.7 Å². The number of carbonyl (C=O) groups excluding carboxylic acids is 2. The number of aromatic nitrogens is 3. The Labute approximate surface area is 204 Å². The van der Waals surface area contributed by atoms with E-state index in [0.717, 1.165) is 11.4 Å². The topological polar surface area (TPSA) is 86.1 Å². The number of esters is 1. The first-order valence-corrected chi connectivity index (χ1v) is 12.1. The first kappa shape index (κ1) is 25.2. The average molecular weight is 479 g/mol.